The quantitative estimate of drug-likeness (QED) is 0.431. The highest BCUT2D eigenvalue weighted by molar-refractivity contribution is 5.95. The first-order valence-electron chi connectivity index (χ1n) is 6.09. The first kappa shape index (κ1) is 12.9. The number of nitrogens with one attached hydrogen (secondary N) is 1. The van der Waals surface area contributed by atoms with Crippen LogP contribution in [-0.2, 0) is 0 Å². The molecule has 0 spiro atoms. The van der Waals surface area contributed by atoms with Crippen LogP contribution in [0.3, 0.4) is 0 Å². The number of nitro groups is 1. The van der Waals surface area contributed by atoms with Gasteiger partial charge >= 0.3 is 5.69 Å². The number of nitrogens with zero attached hydrogens (tertiary/aromatic N) is 3. The number of anilines is 3. The van der Waals surface area contributed by atoms with Gasteiger partial charge in [0.15, 0.2) is 5.52 Å². The van der Waals surface area contributed by atoms with Crippen molar-refractivity contribution in [2.45, 2.75) is 6.92 Å². The number of hydrogen-bond acceptors (Lipinski definition) is 7. The summed E-state index contributed by atoms with van der Waals surface area (Å²) in [5.41, 5.74) is 8.98. The molecule has 3 N–H and O–H groups in total. The van der Waals surface area contributed by atoms with Crippen LogP contribution in [0.2, 0.25) is 0 Å². The molecule has 0 atom stereocenters. The van der Waals surface area contributed by atoms with E-state index in [-0.39, 0.29) is 11.2 Å². The van der Waals surface area contributed by atoms with Gasteiger partial charge in [0, 0.05) is 17.4 Å². The molecule has 106 valence electrons. The SMILES string of the molecule is Cc1cc(N)ccc1Nc1ccc([N+](=O)[O-])c2nonc12. The minimum absolute atomic E-state index is 0.109. The van der Waals surface area contributed by atoms with E-state index < -0.39 is 4.92 Å². The lowest BCUT2D eigenvalue weighted by atomic mass is 10.1. The molecule has 0 saturated heterocycles. The van der Waals surface area contributed by atoms with E-state index in [0.717, 1.165) is 11.3 Å². The van der Waals surface area contributed by atoms with Crippen molar-refractivity contribution >= 4 is 33.8 Å². The van der Waals surface area contributed by atoms with Gasteiger partial charge in [-0.05, 0) is 47.1 Å². The molecule has 3 rings (SSSR count). The number of aryl methyl sites for hydroxylation is 1. The fourth-order valence-electron chi connectivity index (χ4n) is 2.07. The molecule has 0 aliphatic rings. The zero-order chi connectivity index (χ0) is 15.0. The Labute approximate surface area is 118 Å². The second-order valence-electron chi connectivity index (χ2n) is 4.55. The lowest BCUT2D eigenvalue weighted by Crippen LogP contribution is -1.97. The van der Waals surface area contributed by atoms with E-state index in [1.165, 1.54) is 6.07 Å². The van der Waals surface area contributed by atoms with Gasteiger partial charge in [-0.1, -0.05) is 0 Å². The summed E-state index contributed by atoms with van der Waals surface area (Å²) >= 11 is 0. The Morgan fingerprint density at radius 1 is 1.19 bits per heavy atom. The summed E-state index contributed by atoms with van der Waals surface area (Å²) in [6.45, 7) is 1.91. The largest absolute Gasteiger partial charge is 0.399 e. The highest BCUT2D eigenvalue weighted by atomic mass is 16.6. The van der Waals surface area contributed by atoms with E-state index in [2.05, 4.69) is 20.3 Å². The summed E-state index contributed by atoms with van der Waals surface area (Å²) in [5, 5.41) is 21.4. The van der Waals surface area contributed by atoms with Gasteiger partial charge in [0.1, 0.15) is 0 Å². The van der Waals surface area contributed by atoms with Crippen molar-refractivity contribution in [3.05, 3.63) is 46.0 Å². The van der Waals surface area contributed by atoms with Gasteiger partial charge in [-0.3, -0.25) is 10.1 Å². The molecule has 0 fully saturated rings. The second-order valence-corrected chi connectivity index (χ2v) is 4.55. The molecular weight excluding hydrogens is 274 g/mol. The van der Waals surface area contributed by atoms with Crippen LogP contribution in [0.25, 0.3) is 11.0 Å². The fraction of sp³-hybridized carbons (Fsp3) is 0.0769. The van der Waals surface area contributed by atoms with Crippen molar-refractivity contribution in [2.75, 3.05) is 11.1 Å². The van der Waals surface area contributed by atoms with Gasteiger partial charge in [0.05, 0.1) is 10.6 Å². The zero-order valence-corrected chi connectivity index (χ0v) is 11.0. The van der Waals surface area contributed by atoms with Crippen molar-refractivity contribution in [1.29, 1.82) is 0 Å². The maximum absolute atomic E-state index is 10.9. The third-order valence-corrected chi connectivity index (χ3v) is 3.11. The van der Waals surface area contributed by atoms with Crippen molar-refractivity contribution < 1.29 is 9.55 Å². The minimum Gasteiger partial charge on any atom is -0.399 e. The van der Waals surface area contributed by atoms with E-state index in [9.17, 15) is 10.1 Å². The van der Waals surface area contributed by atoms with Gasteiger partial charge in [0.25, 0.3) is 0 Å². The van der Waals surface area contributed by atoms with Crippen LogP contribution in [0, 0.1) is 17.0 Å². The molecule has 0 unspecified atom stereocenters. The number of benzene rings is 2. The van der Waals surface area contributed by atoms with Crippen LogP contribution in [0.1, 0.15) is 5.56 Å². The molecule has 21 heavy (non-hydrogen) atoms. The Morgan fingerprint density at radius 3 is 2.62 bits per heavy atom. The number of non-ortho nitro benzene ring substituents is 1. The Balaban J connectivity index is 2.07. The number of nitrogen functional groups attached to an aromatic ring is 1. The summed E-state index contributed by atoms with van der Waals surface area (Å²) in [6.07, 6.45) is 0. The van der Waals surface area contributed by atoms with Crippen LogP contribution < -0.4 is 11.1 Å². The van der Waals surface area contributed by atoms with Gasteiger partial charge in [-0.15, -0.1) is 0 Å². The highest BCUT2D eigenvalue weighted by Crippen LogP contribution is 2.31. The molecular formula is C13H11N5O3. The Morgan fingerprint density at radius 2 is 1.90 bits per heavy atom. The number of rotatable bonds is 3. The highest BCUT2D eigenvalue weighted by Gasteiger charge is 2.19. The molecule has 0 aliphatic carbocycles. The number of nitro benzene ring substituents is 1. The van der Waals surface area contributed by atoms with Crippen molar-refractivity contribution in [3.63, 3.8) is 0 Å². The molecule has 2 aromatic carbocycles. The number of fused-ring (bicyclic) bond motifs is 1. The molecule has 0 aliphatic heterocycles. The molecule has 0 radical (unpaired) electrons. The Bertz CT molecular complexity index is 843. The van der Waals surface area contributed by atoms with Gasteiger partial charge in [-0.25, -0.2) is 4.63 Å². The second kappa shape index (κ2) is 4.75. The monoisotopic (exact) mass is 285 g/mol. The third-order valence-electron chi connectivity index (χ3n) is 3.11. The molecule has 1 heterocycles. The standard InChI is InChI=1S/C13H11N5O3/c1-7-6-8(14)2-3-9(7)15-10-4-5-11(18(19)20)13-12(10)16-21-17-13/h2-6,15H,14H2,1H3. The zero-order valence-electron chi connectivity index (χ0n) is 11.0. The van der Waals surface area contributed by atoms with E-state index in [4.69, 9.17) is 5.73 Å². The van der Waals surface area contributed by atoms with Gasteiger partial charge in [0.2, 0.25) is 5.52 Å². The molecule has 8 nitrogen and oxygen atoms in total. The number of hydrogen-bond donors (Lipinski definition) is 2. The van der Waals surface area contributed by atoms with Crippen LogP contribution in [0.4, 0.5) is 22.7 Å². The maximum atomic E-state index is 10.9. The average Bonchev–Trinajstić information content (AvgIpc) is 2.91. The predicted molar refractivity (Wildman–Crippen MR) is 77.3 cm³/mol. The predicted octanol–water partition coefficient (Wildman–Crippen LogP) is 2.77. The summed E-state index contributed by atoms with van der Waals surface area (Å²) in [4.78, 5) is 10.4. The first-order chi connectivity index (χ1) is 10.1. The number of nitrogens with two attached hydrogens (primary N) is 1. The summed E-state index contributed by atoms with van der Waals surface area (Å²) < 4.78 is 4.62. The summed E-state index contributed by atoms with van der Waals surface area (Å²) in [7, 11) is 0. The van der Waals surface area contributed by atoms with E-state index in [0.29, 0.717) is 16.9 Å². The molecule has 0 amide bonds. The van der Waals surface area contributed by atoms with Crippen LogP contribution in [-0.4, -0.2) is 15.2 Å². The third kappa shape index (κ3) is 2.22. The van der Waals surface area contributed by atoms with Crippen molar-refractivity contribution in [1.82, 2.24) is 10.3 Å². The number of aromatic nitrogens is 2. The van der Waals surface area contributed by atoms with Gasteiger partial charge in [-0.2, -0.15) is 0 Å². The van der Waals surface area contributed by atoms with Crippen LogP contribution in [0.15, 0.2) is 35.0 Å². The Hall–Kier alpha value is -3.16. The topological polar surface area (TPSA) is 120 Å². The van der Waals surface area contributed by atoms with Crippen LogP contribution in [0.5, 0.6) is 0 Å². The molecule has 3 aromatic rings. The van der Waals surface area contributed by atoms with Crippen molar-refractivity contribution in [3.8, 4) is 0 Å². The molecule has 1 aromatic heterocycles. The molecule has 8 heteroatoms. The summed E-state index contributed by atoms with van der Waals surface area (Å²) in [5.74, 6) is 0. The Kier molecular flexibility index (Phi) is 2.90. The lowest BCUT2D eigenvalue weighted by molar-refractivity contribution is -0.383. The normalized spacial score (nSPS) is 10.7. The van der Waals surface area contributed by atoms with Crippen LogP contribution >= 0.6 is 0 Å². The molecule has 0 saturated carbocycles. The van der Waals surface area contributed by atoms with Crippen molar-refractivity contribution in [2.24, 2.45) is 0 Å². The average molecular weight is 285 g/mol. The molecule has 0 bridgehead atoms. The first-order valence-corrected chi connectivity index (χ1v) is 6.09. The fourth-order valence-corrected chi connectivity index (χ4v) is 2.07. The van der Waals surface area contributed by atoms with Gasteiger partial charge < -0.3 is 11.1 Å². The maximum Gasteiger partial charge on any atom is 0.300 e. The smallest absolute Gasteiger partial charge is 0.300 e. The van der Waals surface area contributed by atoms with E-state index in [1.54, 1.807) is 12.1 Å². The minimum atomic E-state index is -0.523. The van der Waals surface area contributed by atoms with E-state index >= 15 is 0 Å². The summed E-state index contributed by atoms with van der Waals surface area (Å²) in [6, 6.07) is 8.35. The van der Waals surface area contributed by atoms with E-state index in [1.807, 2.05) is 19.1 Å². The lowest BCUT2D eigenvalue weighted by Gasteiger charge is -2.10.